The number of unbranched alkanes of at least 4 members (excludes halogenated alkanes) is 1. The van der Waals surface area contributed by atoms with E-state index >= 15 is 0 Å². The molecular formula is C22H41NO2. The first-order valence-electron chi connectivity index (χ1n) is 9.46. The average molecular weight is 352 g/mol. The van der Waals surface area contributed by atoms with Crippen LogP contribution in [0.5, 0.6) is 0 Å². The Kier molecular flexibility index (Phi) is 23.0. The smallest absolute Gasteiger partial charge is 0.251 e. The highest BCUT2D eigenvalue weighted by molar-refractivity contribution is 5.94. The largest absolute Gasteiger partial charge is 0.352 e. The minimum Gasteiger partial charge on any atom is -0.352 e. The lowest BCUT2D eigenvalue weighted by molar-refractivity contribution is -0.0980. The molecule has 25 heavy (non-hydrogen) atoms. The maximum atomic E-state index is 11.7. The van der Waals surface area contributed by atoms with E-state index in [2.05, 4.69) is 39.9 Å². The first-order valence-corrected chi connectivity index (χ1v) is 9.46. The lowest BCUT2D eigenvalue weighted by atomic mass is 10.1. The van der Waals surface area contributed by atoms with Crippen LogP contribution in [0.15, 0.2) is 24.3 Å². The Hall–Kier alpha value is -1.64. The van der Waals surface area contributed by atoms with E-state index < -0.39 is 0 Å². The van der Waals surface area contributed by atoms with Crippen molar-refractivity contribution in [2.24, 2.45) is 11.8 Å². The summed E-state index contributed by atoms with van der Waals surface area (Å²) < 4.78 is 0. The summed E-state index contributed by atoms with van der Waals surface area (Å²) in [5.41, 5.74) is 1.93. The van der Waals surface area contributed by atoms with Crippen molar-refractivity contribution in [2.75, 3.05) is 6.54 Å². The number of hydrogen-bond acceptors (Lipinski definition) is 2. The standard InChI is InChI=1S/C15H23NO.C4H10.C2H6.CH2O/c1-12(2)6-4-5-11-16-15(17)14-9-7-13(3)8-10-14;1-4(2)3;2*1-2/h7-10,12H,4-6,11H2,1-3H3,(H,16,17);4H,1-3H3;1-2H3;1H2. The summed E-state index contributed by atoms with van der Waals surface area (Å²) in [4.78, 5) is 19.7. The molecule has 1 amide bonds. The topological polar surface area (TPSA) is 46.2 Å². The molecule has 1 N–H and O–H groups in total. The summed E-state index contributed by atoms with van der Waals surface area (Å²) in [5, 5.41) is 2.95. The number of hydrogen-bond donors (Lipinski definition) is 1. The van der Waals surface area contributed by atoms with Crippen LogP contribution in [-0.4, -0.2) is 19.2 Å². The third-order valence-corrected chi connectivity index (χ3v) is 2.81. The number of benzene rings is 1. The van der Waals surface area contributed by atoms with Crippen LogP contribution in [0.3, 0.4) is 0 Å². The van der Waals surface area contributed by atoms with Crippen molar-refractivity contribution < 1.29 is 9.59 Å². The average Bonchev–Trinajstić information content (AvgIpc) is 2.58. The Balaban J connectivity index is -0.000000518. The van der Waals surface area contributed by atoms with Gasteiger partial charge in [0, 0.05) is 12.1 Å². The number of carbonyl (C=O) groups is 2. The maximum absolute atomic E-state index is 11.7. The van der Waals surface area contributed by atoms with Crippen LogP contribution in [0.1, 0.15) is 83.7 Å². The fourth-order valence-corrected chi connectivity index (χ4v) is 1.69. The Bertz CT molecular complexity index is 394. The van der Waals surface area contributed by atoms with E-state index in [4.69, 9.17) is 4.79 Å². The number of amides is 1. The summed E-state index contributed by atoms with van der Waals surface area (Å²) in [6.07, 6.45) is 3.49. The fourth-order valence-electron chi connectivity index (χ4n) is 1.69. The molecule has 0 aliphatic heterocycles. The predicted octanol–water partition coefficient (Wildman–Crippen LogP) is 6.05. The Morgan fingerprint density at radius 1 is 0.960 bits per heavy atom. The maximum Gasteiger partial charge on any atom is 0.251 e. The van der Waals surface area contributed by atoms with Crippen LogP contribution >= 0.6 is 0 Å². The lowest BCUT2D eigenvalue weighted by Crippen LogP contribution is -2.24. The van der Waals surface area contributed by atoms with Crippen molar-refractivity contribution in [3.63, 3.8) is 0 Å². The molecular weight excluding hydrogens is 310 g/mol. The summed E-state index contributed by atoms with van der Waals surface area (Å²) in [6.45, 7) is 19.8. The van der Waals surface area contributed by atoms with Crippen LogP contribution in [0, 0.1) is 18.8 Å². The van der Waals surface area contributed by atoms with E-state index in [0.29, 0.717) is 0 Å². The zero-order chi connectivity index (χ0) is 20.3. The van der Waals surface area contributed by atoms with Gasteiger partial charge in [-0.15, -0.1) is 0 Å². The normalized spacial score (nSPS) is 9.04. The molecule has 0 unspecified atom stereocenters. The summed E-state index contributed by atoms with van der Waals surface area (Å²) in [7, 11) is 0. The van der Waals surface area contributed by atoms with E-state index in [1.54, 1.807) is 0 Å². The molecule has 146 valence electrons. The van der Waals surface area contributed by atoms with Crippen molar-refractivity contribution in [3.05, 3.63) is 35.4 Å². The molecule has 1 rings (SSSR count). The van der Waals surface area contributed by atoms with Crippen molar-refractivity contribution in [2.45, 2.75) is 74.7 Å². The van der Waals surface area contributed by atoms with Gasteiger partial charge in [-0.05, 0) is 37.3 Å². The van der Waals surface area contributed by atoms with Crippen LogP contribution in [0.2, 0.25) is 0 Å². The fraction of sp³-hybridized carbons (Fsp3) is 0.636. The van der Waals surface area contributed by atoms with Gasteiger partial charge in [-0.1, -0.05) is 79.0 Å². The zero-order valence-corrected chi connectivity index (χ0v) is 17.8. The number of carbonyl (C=O) groups excluding carboxylic acids is 2. The first kappa shape index (κ1) is 28.2. The molecule has 0 bridgehead atoms. The highest BCUT2D eigenvalue weighted by Crippen LogP contribution is 2.06. The molecule has 0 radical (unpaired) electrons. The van der Waals surface area contributed by atoms with Crippen molar-refractivity contribution >= 4 is 12.7 Å². The van der Waals surface area contributed by atoms with Gasteiger partial charge in [-0.25, -0.2) is 0 Å². The van der Waals surface area contributed by atoms with Gasteiger partial charge < -0.3 is 10.1 Å². The summed E-state index contributed by atoms with van der Waals surface area (Å²) in [6, 6.07) is 7.68. The molecule has 0 saturated heterocycles. The Morgan fingerprint density at radius 2 is 1.40 bits per heavy atom. The van der Waals surface area contributed by atoms with Crippen LogP contribution in [0.4, 0.5) is 0 Å². The molecule has 3 heteroatoms. The van der Waals surface area contributed by atoms with E-state index in [0.717, 1.165) is 30.4 Å². The number of nitrogens with one attached hydrogen (secondary N) is 1. The summed E-state index contributed by atoms with van der Waals surface area (Å²) >= 11 is 0. The Morgan fingerprint density at radius 3 is 1.80 bits per heavy atom. The van der Waals surface area contributed by atoms with Gasteiger partial charge in [0.05, 0.1) is 0 Å². The second-order valence-electron chi connectivity index (χ2n) is 6.74. The van der Waals surface area contributed by atoms with Gasteiger partial charge in [0.25, 0.3) is 5.91 Å². The monoisotopic (exact) mass is 351 g/mol. The molecule has 0 aliphatic rings. The zero-order valence-electron chi connectivity index (χ0n) is 17.8. The van der Waals surface area contributed by atoms with Gasteiger partial charge in [0.15, 0.2) is 0 Å². The third-order valence-electron chi connectivity index (χ3n) is 2.81. The number of rotatable bonds is 6. The van der Waals surface area contributed by atoms with Crippen molar-refractivity contribution in [3.8, 4) is 0 Å². The molecule has 0 aromatic heterocycles. The molecule has 0 fully saturated rings. The molecule has 0 heterocycles. The van der Waals surface area contributed by atoms with E-state index in [1.807, 2.05) is 51.8 Å². The summed E-state index contributed by atoms with van der Waals surface area (Å²) in [5.74, 6) is 1.62. The van der Waals surface area contributed by atoms with Crippen LogP contribution < -0.4 is 5.32 Å². The third kappa shape index (κ3) is 22.4. The lowest BCUT2D eigenvalue weighted by Gasteiger charge is -2.06. The van der Waals surface area contributed by atoms with Gasteiger partial charge in [0.2, 0.25) is 0 Å². The van der Waals surface area contributed by atoms with Crippen molar-refractivity contribution in [1.82, 2.24) is 5.32 Å². The molecule has 0 atom stereocenters. The van der Waals surface area contributed by atoms with Crippen LogP contribution in [0.25, 0.3) is 0 Å². The molecule has 3 nitrogen and oxygen atoms in total. The van der Waals surface area contributed by atoms with Gasteiger partial charge in [0.1, 0.15) is 6.79 Å². The molecule has 1 aromatic rings. The van der Waals surface area contributed by atoms with Gasteiger partial charge in [-0.2, -0.15) is 0 Å². The van der Waals surface area contributed by atoms with Gasteiger partial charge in [-0.3, -0.25) is 4.79 Å². The highest BCUT2D eigenvalue weighted by Gasteiger charge is 2.03. The number of aryl methyl sites for hydroxylation is 1. The van der Waals surface area contributed by atoms with E-state index in [9.17, 15) is 4.79 Å². The van der Waals surface area contributed by atoms with E-state index in [-0.39, 0.29) is 5.91 Å². The van der Waals surface area contributed by atoms with Crippen LogP contribution in [-0.2, 0) is 4.79 Å². The van der Waals surface area contributed by atoms with E-state index in [1.165, 1.54) is 18.4 Å². The molecule has 0 aliphatic carbocycles. The minimum absolute atomic E-state index is 0.0366. The second kappa shape index (κ2) is 20.4. The van der Waals surface area contributed by atoms with Gasteiger partial charge >= 0.3 is 0 Å². The quantitative estimate of drug-likeness (QED) is 0.634. The predicted molar refractivity (Wildman–Crippen MR) is 111 cm³/mol. The molecule has 0 spiro atoms. The second-order valence-corrected chi connectivity index (χ2v) is 6.74. The SMILES string of the molecule is C=O.CC.CC(C)C.Cc1ccc(C(=O)NCCCCC(C)C)cc1. The molecule has 0 saturated carbocycles. The highest BCUT2D eigenvalue weighted by atomic mass is 16.1. The minimum atomic E-state index is 0.0366. The Labute approximate surface area is 156 Å². The molecule has 1 aromatic carbocycles. The van der Waals surface area contributed by atoms with Crippen molar-refractivity contribution in [1.29, 1.82) is 0 Å². The first-order chi connectivity index (χ1) is 11.8.